The quantitative estimate of drug-likeness (QED) is 0.511. The zero-order valence-electron chi connectivity index (χ0n) is 17.6. The number of hydrogen-bond donors (Lipinski definition) is 1. The van der Waals surface area contributed by atoms with Crippen LogP contribution in [-0.4, -0.2) is 72.4 Å². The monoisotopic (exact) mass is 482 g/mol. The van der Waals surface area contributed by atoms with Crippen LogP contribution in [0, 0.1) is 0 Å². The second-order valence-electron chi connectivity index (χ2n) is 7.80. The number of nitrogens with zero attached hydrogens (tertiary/aromatic N) is 3. The van der Waals surface area contributed by atoms with Crippen molar-refractivity contribution in [3.05, 3.63) is 69.7 Å². The molecule has 2 aliphatic rings. The van der Waals surface area contributed by atoms with Crippen LogP contribution in [0.4, 0.5) is 4.79 Å². The van der Waals surface area contributed by atoms with E-state index >= 15 is 0 Å². The lowest BCUT2D eigenvalue weighted by molar-refractivity contribution is 0.148. The molecule has 168 valence electrons. The van der Waals surface area contributed by atoms with Crippen LogP contribution in [0.15, 0.2) is 48.5 Å². The van der Waals surface area contributed by atoms with E-state index in [9.17, 15) is 4.79 Å². The summed E-state index contributed by atoms with van der Waals surface area (Å²) in [5, 5.41) is 4.57. The fourth-order valence-electron chi connectivity index (χ4n) is 3.65. The minimum absolute atomic E-state index is 0.351. The van der Waals surface area contributed by atoms with Gasteiger partial charge in [0.25, 0.3) is 0 Å². The highest BCUT2D eigenvalue weighted by Crippen LogP contribution is 2.14. The second kappa shape index (κ2) is 12.6. The molecule has 4 rings (SSSR count). The van der Waals surface area contributed by atoms with Gasteiger partial charge in [0.05, 0.1) is 0 Å². The number of hydrogen-bond acceptors (Lipinski definition) is 4. The molecule has 0 spiro atoms. The number of halogens is 3. The number of carbonyl (C=O) groups is 1. The first-order valence-electron chi connectivity index (χ1n) is 10.6. The topological polar surface area (TPSA) is 38.8 Å². The van der Waals surface area contributed by atoms with E-state index in [4.69, 9.17) is 34.8 Å². The van der Waals surface area contributed by atoms with Crippen molar-refractivity contribution < 1.29 is 4.79 Å². The van der Waals surface area contributed by atoms with Crippen molar-refractivity contribution >= 4 is 40.2 Å². The molecule has 0 saturated carbocycles. The van der Waals surface area contributed by atoms with E-state index in [1.54, 1.807) is 4.90 Å². The summed E-state index contributed by atoms with van der Waals surface area (Å²) in [4.78, 5) is 17.4. The highest BCUT2D eigenvalue weighted by atomic mass is 35.5. The number of piperazine rings is 2. The summed E-state index contributed by atoms with van der Waals surface area (Å²) in [5.74, 6) is 0. The van der Waals surface area contributed by atoms with Crippen molar-refractivity contribution in [3.63, 3.8) is 0 Å². The first kappa shape index (κ1) is 24.3. The standard InChI is InChI=1S/C12H14Cl2N2O.C11H15ClN2/c13-11-3-1-10(2-4-11)9-15-5-7-16(8-6-15)12(14)17;12-11-3-1-10(2-4-11)9-14-7-5-13-6-8-14/h1-4H,5-9H2;1-4,13H,5-9H2. The summed E-state index contributed by atoms with van der Waals surface area (Å²) in [5.41, 5.74) is 2.58. The molecule has 0 radical (unpaired) electrons. The molecule has 0 unspecified atom stereocenters. The van der Waals surface area contributed by atoms with Gasteiger partial charge in [0.2, 0.25) is 0 Å². The molecule has 0 aliphatic carbocycles. The molecule has 2 aromatic rings. The van der Waals surface area contributed by atoms with Crippen molar-refractivity contribution in [2.45, 2.75) is 13.1 Å². The average molecular weight is 484 g/mol. The summed E-state index contributed by atoms with van der Waals surface area (Å²) >= 11 is 17.1. The summed E-state index contributed by atoms with van der Waals surface area (Å²) in [7, 11) is 0. The average Bonchev–Trinajstić information content (AvgIpc) is 2.78. The highest BCUT2D eigenvalue weighted by Gasteiger charge is 2.19. The molecule has 31 heavy (non-hydrogen) atoms. The summed E-state index contributed by atoms with van der Waals surface area (Å²) in [6.07, 6.45) is 0. The Bertz CT molecular complexity index is 803. The minimum Gasteiger partial charge on any atom is -0.327 e. The Kier molecular flexibility index (Phi) is 9.91. The largest absolute Gasteiger partial charge is 0.327 e. The van der Waals surface area contributed by atoms with Crippen LogP contribution in [0.25, 0.3) is 0 Å². The van der Waals surface area contributed by atoms with Crippen molar-refractivity contribution in [1.82, 2.24) is 20.0 Å². The first-order chi connectivity index (χ1) is 15.0. The zero-order valence-corrected chi connectivity index (χ0v) is 19.8. The maximum Gasteiger partial charge on any atom is 0.316 e. The molecule has 2 saturated heterocycles. The van der Waals surface area contributed by atoms with Gasteiger partial charge in [-0.1, -0.05) is 47.5 Å². The van der Waals surface area contributed by atoms with E-state index < -0.39 is 0 Å². The van der Waals surface area contributed by atoms with Crippen LogP contribution < -0.4 is 5.32 Å². The van der Waals surface area contributed by atoms with E-state index in [1.807, 2.05) is 36.4 Å². The van der Waals surface area contributed by atoms with Gasteiger partial charge >= 0.3 is 5.37 Å². The molecule has 2 fully saturated rings. The van der Waals surface area contributed by atoms with Gasteiger partial charge in [-0.05, 0) is 47.0 Å². The molecule has 2 aliphatic heterocycles. The van der Waals surface area contributed by atoms with Gasteiger partial charge in [0, 0.05) is 75.5 Å². The van der Waals surface area contributed by atoms with Gasteiger partial charge in [0.1, 0.15) is 0 Å². The number of benzene rings is 2. The summed E-state index contributed by atoms with van der Waals surface area (Å²) in [6.45, 7) is 9.56. The van der Waals surface area contributed by atoms with Crippen LogP contribution in [0.1, 0.15) is 11.1 Å². The van der Waals surface area contributed by atoms with Crippen LogP contribution in [0.2, 0.25) is 10.0 Å². The Labute approximate surface area is 199 Å². The van der Waals surface area contributed by atoms with Crippen LogP contribution in [0.5, 0.6) is 0 Å². The smallest absolute Gasteiger partial charge is 0.316 e. The molecule has 0 atom stereocenters. The van der Waals surface area contributed by atoms with E-state index in [1.165, 1.54) is 11.1 Å². The second-order valence-corrected chi connectivity index (χ2v) is 8.99. The Morgan fingerprint density at radius 2 is 1.13 bits per heavy atom. The zero-order chi connectivity index (χ0) is 22.1. The maximum absolute atomic E-state index is 11.0. The minimum atomic E-state index is -0.351. The fraction of sp³-hybridized carbons (Fsp3) is 0.435. The van der Waals surface area contributed by atoms with Gasteiger partial charge in [-0.15, -0.1) is 0 Å². The van der Waals surface area contributed by atoms with E-state index in [-0.39, 0.29) is 5.37 Å². The van der Waals surface area contributed by atoms with Crippen molar-refractivity contribution in [2.24, 2.45) is 0 Å². The molecule has 8 heteroatoms. The van der Waals surface area contributed by atoms with Crippen molar-refractivity contribution in [3.8, 4) is 0 Å². The van der Waals surface area contributed by atoms with Crippen molar-refractivity contribution in [1.29, 1.82) is 0 Å². The van der Waals surface area contributed by atoms with Gasteiger partial charge in [-0.25, -0.2) is 0 Å². The third-order valence-electron chi connectivity index (χ3n) is 5.47. The van der Waals surface area contributed by atoms with E-state index in [0.717, 1.165) is 62.4 Å². The van der Waals surface area contributed by atoms with Gasteiger partial charge in [-0.2, -0.15) is 0 Å². The van der Waals surface area contributed by atoms with Gasteiger partial charge in [-0.3, -0.25) is 14.6 Å². The molecule has 5 nitrogen and oxygen atoms in total. The van der Waals surface area contributed by atoms with E-state index in [0.29, 0.717) is 13.1 Å². The molecule has 2 heterocycles. The molecule has 2 aromatic carbocycles. The molecule has 1 amide bonds. The SMILES string of the molecule is Clc1ccc(CN2CCNCC2)cc1.O=C(Cl)N1CCN(Cc2ccc(Cl)cc2)CC1. The lowest BCUT2D eigenvalue weighted by atomic mass is 10.2. The Morgan fingerprint density at radius 1 is 0.710 bits per heavy atom. The Hall–Kier alpha value is -1.34. The first-order valence-corrected chi connectivity index (χ1v) is 11.7. The highest BCUT2D eigenvalue weighted by molar-refractivity contribution is 6.62. The summed E-state index contributed by atoms with van der Waals surface area (Å²) < 4.78 is 0. The number of carbonyl (C=O) groups excluding carboxylic acids is 1. The van der Waals surface area contributed by atoms with Crippen LogP contribution in [0.3, 0.4) is 0 Å². The Balaban J connectivity index is 0.000000179. The number of amides is 1. The normalized spacial score (nSPS) is 17.7. The van der Waals surface area contributed by atoms with Crippen LogP contribution >= 0.6 is 34.8 Å². The molecule has 1 N–H and O–H groups in total. The molecular weight excluding hydrogens is 455 g/mol. The van der Waals surface area contributed by atoms with Crippen molar-refractivity contribution in [2.75, 3.05) is 52.4 Å². The summed E-state index contributed by atoms with van der Waals surface area (Å²) in [6, 6.07) is 16.0. The van der Waals surface area contributed by atoms with E-state index in [2.05, 4.69) is 27.2 Å². The molecular formula is C23H29Cl3N4O. The van der Waals surface area contributed by atoms with Gasteiger partial charge < -0.3 is 10.2 Å². The lowest BCUT2D eigenvalue weighted by Gasteiger charge is -2.33. The molecule has 0 bridgehead atoms. The number of rotatable bonds is 4. The molecule has 0 aromatic heterocycles. The lowest BCUT2D eigenvalue weighted by Crippen LogP contribution is -2.46. The predicted molar refractivity (Wildman–Crippen MR) is 129 cm³/mol. The van der Waals surface area contributed by atoms with Crippen LogP contribution in [-0.2, 0) is 13.1 Å². The Morgan fingerprint density at radius 3 is 1.55 bits per heavy atom. The number of nitrogens with one attached hydrogen (secondary N) is 1. The maximum atomic E-state index is 11.0. The third kappa shape index (κ3) is 8.60. The van der Waals surface area contributed by atoms with Gasteiger partial charge in [0.15, 0.2) is 0 Å². The third-order valence-corrected chi connectivity index (χ3v) is 6.21. The fourth-order valence-corrected chi connectivity index (χ4v) is 4.07. The predicted octanol–water partition coefficient (Wildman–Crippen LogP) is 4.56.